The van der Waals surface area contributed by atoms with E-state index < -0.39 is 5.91 Å². The van der Waals surface area contributed by atoms with Gasteiger partial charge in [-0.1, -0.05) is 11.6 Å². The van der Waals surface area contributed by atoms with Crippen molar-refractivity contribution >= 4 is 28.4 Å². The average molecular weight is 252 g/mol. The van der Waals surface area contributed by atoms with Gasteiger partial charge in [0.05, 0.1) is 17.2 Å². The molecule has 88 valence electrons. The number of nitrogens with two attached hydrogens (primary N) is 1. The number of hydrogen-bond donors (Lipinski definition) is 1. The van der Waals surface area contributed by atoms with Crippen LogP contribution in [0.15, 0.2) is 29.3 Å². The zero-order chi connectivity index (χ0) is 12.4. The van der Waals surface area contributed by atoms with Crippen LogP contribution in [0.1, 0.15) is 6.42 Å². The minimum atomic E-state index is -0.455. The summed E-state index contributed by atoms with van der Waals surface area (Å²) in [6.45, 7) is 0.226. The molecular formula is C11H10ClN3O2. The number of nitrogens with zero attached hydrogens (tertiary/aromatic N) is 2. The first-order valence-corrected chi connectivity index (χ1v) is 5.39. The molecule has 0 spiro atoms. The lowest BCUT2D eigenvalue weighted by molar-refractivity contribution is -0.118. The molecule has 0 bridgehead atoms. The molecule has 0 saturated heterocycles. The van der Waals surface area contributed by atoms with Gasteiger partial charge in [-0.15, -0.1) is 0 Å². The van der Waals surface area contributed by atoms with Gasteiger partial charge in [-0.3, -0.25) is 14.2 Å². The number of aromatic nitrogens is 2. The third-order valence-electron chi connectivity index (χ3n) is 2.39. The van der Waals surface area contributed by atoms with Gasteiger partial charge in [0.1, 0.15) is 0 Å². The van der Waals surface area contributed by atoms with E-state index >= 15 is 0 Å². The van der Waals surface area contributed by atoms with Crippen LogP contribution in [0.2, 0.25) is 5.02 Å². The van der Waals surface area contributed by atoms with Gasteiger partial charge in [0.15, 0.2) is 0 Å². The predicted octanol–water partition coefficient (Wildman–Crippen LogP) is 0.925. The van der Waals surface area contributed by atoms with E-state index in [1.165, 1.54) is 10.9 Å². The fourth-order valence-corrected chi connectivity index (χ4v) is 1.69. The van der Waals surface area contributed by atoms with Gasteiger partial charge in [0, 0.05) is 18.0 Å². The van der Waals surface area contributed by atoms with E-state index in [0.717, 1.165) is 0 Å². The van der Waals surface area contributed by atoms with Crippen molar-refractivity contribution in [3.05, 3.63) is 39.9 Å². The summed E-state index contributed by atoms with van der Waals surface area (Å²) in [4.78, 5) is 26.8. The monoisotopic (exact) mass is 251 g/mol. The second-order valence-corrected chi connectivity index (χ2v) is 4.06. The normalized spacial score (nSPS) is 10.6. The van der Waals surface area contributed by atoms with Crippen LogP contribution in [0.4, 0.5) is 0 Å². The lowest BCUT2D eigenvalue weighted by Gasteiger charge is -2.05. The molecule has 0 aliphatic carbocycles. The Balaban J connectivity index is 2.49. The van der Waals surface area contributed by atoms with Gasteiger partial charge < -0.3 is 5.73 Å². The van der Waals surface area contributed by atoms with Crippen LogP contribution in [0.3, 0.4) is 0 Å². The van der Waals surface area contributed by atoms with Gasteiger partial charge in [-0.2, -0.15) is 0 Å². The molecule has 0 aliphatic heterocycles. The van der Waals surface area contributed by atoms with Gasteiger partial charge in [0.25, 0.3) is 5.56 Å². The average Bonchev–Trinajstić information content (AvgIpc) is 2.29. The van der Waals surface area contributed by atoms with Crippen LogP contribution in [0.25, 0.3) is 10.9 Å². The standard InChI is InChI=1S/C11H10ClN3O2/c12-7-1-2-9-8(5-7)11(17)15(6-14-9)4-3-10(13)16/h1-2,5-6H,3-4H2,(H2,13,16). The first-order chi connectivity index (χ1) is 8.08. The zero-order valence-corrected chi connectivity index (χ0v) is 9.65. The number of carbonyl (C=O) groups is 1. The van der Waals surface area contributed by atoms with E-state index in [0.29, 0.717) is 15.9 Å². The Labute approximate surface area is 102 Å². The van der Waals surface area contributed by atoms with E-state index in [4.69, 9.17) is 17.3 Å². The van der Waals surface area contributed by atoms with Crippen LogP contribution in [0, 0.1) is 0 Å². The van der Waals surface area contributed by atoms with Crippen molar-refractivity contribution in [2.45, 2.75) is 13.0 Å². The Morgan fingerprint density at radius 1 is 1.47 bits per heavy atom. The van der Waals surface area contributed by atoms with Crippen LogP contribution < -0.4 is 11.3 Å². The Bertz CT molecular complexity index is 636. The summed E-state index contributed by atoms with van der Waals surface area (Å²) in [5.41, 5.74) is 5.39. The summed E-state index contributed by atoms with van der Waals surface area (Å²) >= 11 is 5.82. The highest BCUT2D eigenvalue weighted by atomic mass is 35.5. The number of primary amides is 1. The highest BCUT2D eigenvalue weighted by Crippen LogP contribution is 2.13. The smallest absolute Gasteiger partial charge is 0.261 e. The van der Waals surface area contributed by atoms with Gasteiger partial charge in [0.2, 0.25) is 5.91 Å². The molecule has 17 heavy (non-hydrogen) atoms. The number of rotatable bonds is 3. The topological polar surface area (TPSA) is 78.0 Å². The first-order valence-electron chi connectivity index (χ1n) is 5.01. The SMILES string of the molecule is NC(=O)CCn1cnc2ccc(Cl)cc2c1=O. The molecule has 1 aromatic carbocycles. The first kappa shape index (κ1) is 11.6. The summed E-state index contributed by atoms with van der Waals surface area (Å²) in [5.74, 6) is -0.455. The Morgan fingerprint density at radius 2 is 2.24 bits per heavy atom. The number of hydrogen-bond acceptors (Lipinski definition) is 3. The molecule has 2 rings (SSSR count). The van der Waals surface area contributed by atoms with Crippen molar-refractivity contribution in [2.75, 3.05) is 0 Å². The van der Waals surface area contributed by atoms with Crippen molar-refractivity contribution in [1.82, 2.24) is 9.55 Å². The summed E-state index contributed by atoms with van der Waals surface area (Å²) < 4.78 is 1.35. The van der Waals surface area contributed by atoms with Crippen LogP contribution in [0.5, 0.6) is 0 Å². The largest absolute Gasteiger partial charge is 0.370 e. The van der Waals surface area contributed by atoms with Crippen LogP contribution >= 0.6 is 11.6 Å². The minimum absolute atomic E-state index is 0.105. The molecule has 1 heterocycles. The molecule has 2 aromatic rings. The molecule has 5 nitrogen and oxygen atoms in total. The van der Waals surface area contributed by atoms with E-state index in [-0.39, 0.29) is 18.5 Å². The highest BCUT2D eigenvalue weighted by Gasteiger charge is 2.05. The number of aryl methyl sites for hydroxylation is 1. The molecule has 0 aliphatic rings. The number of halogens is 1. The lowest BCUT2D eigenvalue weighted by atomic mass is 10.2. The van der Waals surface area contributed by atoms with E-state index in [2.05, 4.69) is 4.98 Å². The molecule has 2 N–H and O–H groups in total. The van der Waals surface area contributed by atoms with Crippen molar-refractivity contribution < 1.29 is 4.79 Å². The number of amides is 1. The fourth-order valence-electron chi connectivity index (χ4n) is 1.52. The third kappa shape index (κ3) is 2.45. The third-order valence-corrected chi connectivity index (χ3v) is 2.62. The van der Waals surface area contributed by atoms with Crippen LogP contribution in [-0.4, -0.2) is 15.5 Å². The molecule has 0 atom stereocenters. The molecular weight excluding hydrogens is 242 g/mol. The summed E-state index contributed by atoms with van der Waals surface area (Å²) in [6, 6.07) is 4.91. The molecule has 0 radical (unpaired) electrons. The second-order valence-electron chi connectivity index (χ2n) is 3.62. The number of carbonyl (C=O) groups excluding carboxylic acids is 1. The summed E-state index contributed by atoms with van der Waals surface area (Å²) in [5, 5.41) is 0.911. The number of fused-ring (bicyclic) bond motifs is 1. The molecule has 1 amide bonds. The summed E-state index contributed by atoms with van der Waals surface area (Å²) in [6.07, 6.45) is 1.51. The maximum Gasteiger partial charge on any atom is 0.261 e. The van der Waals surface area contributed by atoms with Gasteiger partial charge in [-0.05, 0) is 18.2 Å². The zero-order valence-electron chi connectivity index (χ0n) is 8.89. The molecule has 6 heteroatoms. The lowest BCUT2D eigenvalue weighted by Crippen LogP contribution is -2.23. The molecule has 0 unspecified atom stereocenters. The Kier molecular flexibility index (Phi) is 3.10. The molecule has 0 fully saturated rings. The van der Waals surface area contributed by atoms with Gasteiger partial charge in [-0.25, -0.2) is 4.98 Å². The Hall–Kier alpha value is -1.88. The van der Waals surface area contributed by atoms with Crippen molar-refractivity contribution in [2.24, 2.45) is 5.73 Å². The van der Waals surface area contributed by atoms with E-state index in [1.807, 2.05) is 0 Å². The fraction of sp³-hybridized carbons (Fsp3) is 0.182. The maximum atomic E-state index is 12.0. The van der Waals surface area contributed by atoms with Gasteiger partial charge >= 0.3 is 0 Å². The highest BCUT2D eigenvalue weighted by molar-refractivity contribution is 6.31. The minimum Gasteiger partial charge on any atom is -0.370 e. The number of benzene rings is 1. The predicted molar refractivity (Wildman–Crippen MR) is 64.8 cm³/mol. The Morgan fingerprint density at radius 3 is 2.94 bits per heavy atom. The maximum absolute atomic E-state index is 12.0. The van der Waals surface area contributed by atoms with E-state index in [9.17, 15) is 9.59 Å². The van der Waals surface area contributed by atoms with Crippen molar-refractivity contribution in [3.63, 3.8) is 0 Å². The van der Waals surface area contributed by atoms with Crippen LogP contribution in [-0.2, 0) is 11.3 Å². The van der Waals surface area contributed by atoms with Crippen molar-refractivity contribution in [1.29, 1.82) is 0 Å². The summed E-state index contributed by atoms with van der Waals surface area (Å²) in [7, 11) is 0. The van der Waals surface area contributed by atoms with E-state index in [1.54, 1.807) is 18.2 Å². The second kappa shape index (κ2) is 4.55. The molecule has 0 saturated carbocycles. The van der Waals surface area contributed by atoms with Crippen molar-refractivity contribution in [3.8, 4) is 0 Å². The quantitative estimate of drug-likeness (QED) is 0.881. The molecule has 1 aromatic heterocycles.